The quantitative estimate of drug-likeness (QED) is 0.341. The maximum atomic E-state index is 12.2. The predicted molar refractivity (Wildman–Crippen MR) is 108 cm³/mol. The van der Waals surface area contributed by atoms with Crippen molar-refractivity contribution in [3.8, 4) is 11.5 Å². The molecule has 2 aromatic rings. The van der Waals surface area contributed by atoms with Gasteiger partial charge in [0, 0.05) is 0 Å². The van der Waals surface area contributed by atoms with E-state index < -0.39 is 43.3 Å². The largest absolute Gasteiger partial charge is 0.497 e. The zero-order valence-electron chi connectivity index (χ0n) is 17.0. The molecule has 2 aromatic carbocycles. The van der Waals surface area contributed by atoms with E-state index in [2.05, 4.69) is 0 Å². The third kappa shape index (κ3) is 5.79. The third-order valence-corrected chi connectivity index (χ3v) is 4.98. The number of carbonyl (C=O) groups is 1. The fraction of sp³-hybridized carbons (Fsp3) is 0.409. The summed E-state index contributed by atoms with van der Waals surface area (Å²) in [6.07, 6.45) is -6.05. The van der Waals surface area contributed by atoms with Gasteiger partial charge in [-0.3, -0.25) is 0 Å². The molecule has 1 fully saturated rings. The highest BCUT2D eigenvalue weighted by atomic mass is 16.7. The molecule has 0 spiro atoms. The van der Waals surface area contributed by atoms with Crippen molar-refractivity contribution in [3.63, 3.8) is 0 Å². The van der Waals surface area contributed by atoms with Gasteiger partial charge in [0.25, 0.3) is 0 Å². The van der Waals surface area contributed by atoms with Crippen LogP contribution in [-0.2, 0) is 15.9 Å². The molecule has 0 saturated carbocycles. The standard InChI is InChI=1S/C22H26O9/c1-28-15-8-4-14(5-9-15)21(27)30-16-6-2-13(3-7-16)10-11-29-22-20(26)19(25)18(24)17(12-23)31-22/h2-9,17-20,22-26H,10-12H2,1H3/t17-,18-,19+,20-,22-/m1/s1. The molecule has 0 aromatic heterocycles. The van der Waals surface area contributed by atoms with Crippen LogP contribution in [0.1, 0.15) is 15.9 Å². The highest BCUT2D eigenvalue weighted by molar-refractivity contribution is 5.91. The summed E-state index contributed by atoms with van der Waals surface area (Å²) in [5.74, 6) is 0.549. The van der Waals surface area contributed by atoms with Gasteiger partial charge in [0.1, 0.15) is 35.9 Å². The molecular formula is C22H26O9. The molecule has 0 bridgehead atoms. The molecule has 0 amide bonds. The van der Waals surface area contributed by atoms with Crippen LogP contribution in [0.2, 0.25) is 0 Å². The first-order valence-electron chi connectivity index (χ1n) is 9.80. The molecule has 1 aliphatic rings. The van der Waals surface area contributed by atoms with Gasteiger partial charge in [-0.15, -0.1) is 0 Å². The lowest BCUT2D eigenvalue weighted by atomic mass is 9.99. The SMILES string of the molecule is COc1ccc(C(=O)Oc2ccc(CCO[C@@H]3O[C@H](CO)[C@@H](O)[C@H](O)[C@H]3O)cc2)cc1. The normalized spacial score (nSPS) is 25.8. The smallest absolute Gasteiger partial charge is 0.343 e. The summed E-state index contributed by atoms with van der Waals surface area (Å²) in [5.41, 5.74) is 1.28. The molecule has 9 nitrogen and oxygen atoms in total. The van der Waals surface area contributed by atoms with E-state index >= 15 is 0 Å². The monoisotopic (exact) mass is 434 g/mol. The Labute approximate surface area is 179 Å². The molecule has 1 aliphatic heterocycles. The van der Waals surface area contributed by atoms with Crippen LogP contribution in [0.3, 0.4) is 0 Å². The van der Waals surface area contributed by atoms with Gasteiger partial charge < -0.3 is 39.4 Å². The molecular weight excluding hydrogens is 408 g/mol. The van der Waals surface area contributed by atoms with Crippen molar-refractivity contribution in [2.24, 2.45) is 0 Å². The van der Waals surface area contributed by atoms with E-state index in [-0.39, 0.29) is 6.61 Å². The van der Waals surface area contributed by atoms with Crippen LogP contribution in [0.15, 0.2) is 48.5 Å². The fourth-order valence-corrected chi connectivity index (χ4v) is 3.12. The van der Waals surface area contributed by atoms with E-state index in [9.17, 15) is 25.2 Å². The van der Waals surface area contributed by atoms with Gasteiger partial charge in [-0.25, -0.2) is 4.79 Å². The Bertz CT molecular complexity index is 835. The van der Waals surface area contributed by atoms with Crippen molar-refractivity contribution in [3.05, 3.63) is 59.7 Å². The van der Waals surface area contributed by atoms with Crippen LogP contribution in [0.5, 0.6) is 11.5 Å². The Hall–Kier alpha value is -2.53. The number of methoxy groups -OCH3 is 1. The summed E-state index contributed by atoms with van der Waals surface area (Å²) < 4.78 is 21.2. The summed E-state index contributed by atoms with van der Waals surface area (Å²) in [5, 5.41) is 38.7. The average molecular weight is 434 g/mol. The summed E-state index contributed by atoms with van der Waals surface area (Å²) in [6, 6.07) is 13.4. The van der Waals surface area contributed by atoms with Crippen LogP contribution >= 0.6 is 0 Å². The van der Waals surface area contributed by atoms with Crippen molar-refractivity contribution >= 4 is 5.97 Å². The van der Waals surface area contributed by atoms with Crippen LogP contribution in [0, 0.1) is 0 Å². The van der Waals surface area contributed by atoms with Gasteiger partial charge in [0.15, 0.2) is 6.29 Å². The maximum absolute atomic E-state index is 12.2. The van der Waals surface area contributed by atoms with Crippen molar-refractivity contribution < 1.29 is 44.2 Å². The van der Waals surface area contributed by atoms with E-state index in [0.717, 1.165) is 5.56 Å². The van der Waals surface area contributed by atoms with Crippen LogP contribution in [-0.4, -0.2) is 77.4 Å². The summed E-state index contributed by atoms with van der Waals surface area (Å²) in [4.78, 5) is 12.2. The van der Waals surface area contributed by atoms with Gasteiger partial charge in [-0.1, -0.05) is 12.1 Å². The van der Waals surface area contributed by atoms with Crippen molar-refractivity contribution in [1.82, 2.24) is 0 Å². The topological polar surface area (TPSA) is 135 Å². The first-order chi connectivity index (χ1) is 14.9. The minimum atomic E-state index is -1.48. The Morgan fingerprint density at radius 3 is 2.19 bits per heavy atom. The number of esters is 1. The maximum Gasteiger partial charge on any atom is 0.343 e. The predicted octanol–water partition coefficient (Wildman–Crippen LogP) is 0.273. The van der Waals surface area contributed by atoms with E-state index in [0.29, 0.717) is 23.5 Å². The van der Waals surface area contributed by atoms with E-state index in [1.807, 2.05) is 0 Å². The second-order valence-corrected chi connectivity index (χ2v) is 7.08. The molecule has 168 valence electrons. The number of ether oxygens (including phenoxy) is 4. The Morgan fingerprint density at radius 1 is 0.935 bits per heavy atom. The molecule has 9 heteroatoms. The minimum Gasteiger partial charge on any atom is -0.497 e. The van der Waals surface area contributed by atoms with Crippen molar-refractivity contribution in [2.75, 3.05) is 20.3 Å². The molecule has 4 N–H and O–H groups in total. The highest BCUT2D eigenvalue weighted by Crippen LogP contribution is 2.22. The van der Waals surface area contributed by atoms with Crippen molar-refractivity contribution in [1.29, 1.82) is 0 Å². The zero-order chi connectivity index (χ0) is 22.4. The minimum absolute atomic E-state index is 0.160. The number of carbonyl (C=O) groups excluding carboxylic acids is 1. The molecule has 0 radical (unpaired) electrons. The van der Waals surface area contributed by atoms with Gasteiger partial charge in [-0.2, -0.15) is 0 Å². The number of hydrogen-bond acceptors (Lipinski definition) is 9. The Kier molecular flexibility index (Phi) is 7.97. The van der Waals surface area contributed by atoms with Gasteiger partial charge >= 0.3 is 5.97 Å². The molecule has 5 atom stereocenters. The van der Waals surface area contributed by atoms with E-state index in [4.69, 9.17) is 18.9 Å². The number of rotatable bonds is 8. The molecule has 1 saturated heterocycles. The molecule has 0 aliphatic carbocycles. The summed E-state index contributed by atoms with van der Waals surface area (Å²) in [6.45, 7) is -0.352. The second kappa shape index (κ2) is 10.7. The molecule has 31 heavy (non-hydrogen) atoms. The second-order valence-electron chi connectivity index (χ2n) is 7.08. The van der Waals surface area contributed by atoms with E-state index in [1.54, 1.807) is 55.6 Å². The zero-order valence-corrected chi connectivity index (χ0v) is 17.0. The van der Waals surface area contributed by atoms with E-state index in [1.165, 1.54) is 0 Å². The number of aliphatic hydroxyl groups excluding tert-OH is 4. The van der Waals surface area contributed by atoms with Crippen LogP contribution < -0.4 is 9.47 Å². The average Bonchev–Trinajstić information content (AvgIpc) is 2.80. The number of aliphatic hydroxyl groups is 4. The Morgan fingerprint density at radius 2 is 1.58 bits per heavy atom. The number of benzene rings is 2. The Balaban J connectivity index is 1.48. The summed E-state index contributed by atoms with van der Waals surface area (Å²) in [7, 11) is 1.55. The molecule has 0 unspecified atom stereocenters. The molecule has 1 heterocycles. The van der Waals surface area contributed by atoms with Crippen LogP contribution in [0.4, 0.5) is 0 Å². The molecule has 3 rings (SSSR count). The highest BCUT2D eigenvalue weighted by Gasteiger charge is 2.43. The van der Waals surface area contributed by atoms with Gasteiger partial charge in [0.2, 0.25) is 0 Å². The van der Waals surface area contributed by atoms with Gasteiger partial charge in [0.05, 0.1) is 25.9 Å². The lowest BCUT2D eigenvalue weighted by Gasteiger charge is -2.39. The first kappa shape index (κ1) is 23.1. The van der Waals surface area contributed by atoms with Crippen molar-refractivity contribution in [2.45, 2.75) is 37.1 Å². The first-order valence-corrected chi connectivity index (χ1v) is 9.80. The third-order valence-electron chi connectivity index (χ3n) is 4.98. The lowest BCUT2D eigenvalue weighted by molar-refractivity contribution is -0.300. The summed E-state index contributed by atoms with van der Waals surface area (Å²) >= 11 is 0. The lowest BCUT2D eigenvalue weighted by Crippen LogP contribution is -2.59. The number of hydrogen-bond donors (Lipinski definition) is 4. The van der Waals surface area contributed by atoms with Gasteiger partial charge in [-0.05, 0) is 48.4 Å². The fourth-order valence-electron chi connectivity index (χ4n) is 3.12. The van der Waals surface area contributed by atoms with Crippen LogP contribution in [0.25, 0.3) is 0 Å².